The maximum Gasteiger partial charge on any atom is 0.410 e. The van der Waals surface area contributed by atoms with Crippen molar-refractivity contribution >= 4 is 23.1 Å². The van der Waals surface area contributed by atoms with E-state index in [1.165, 1.54) is 0 Å². The zero-order valence-corrected chi connectivity index (χ0v) is 14.2. The first-order valence-corrected chi connectivity index (χ1v) is 7.99. The van der Waals surface area contributed by atoms with E-state index in [1.807, 2.05) is 52.1 Å². The van der Waals surface area contributed by atoms with Gasteiger partial charge in [-0.15, -0.1) is 0 Å². The number of amides is 1. The van der Waals surface area contributed by atoms with Crippen LogP contribution in [0.4, 0.5) is 10.7 Å². The first-order chi connectivity index (χ1) is 10.8. The number of nitrogens with one attached hydrogen (secondary N) is 1. The van der Waals surface area contributed by atoms with Crippen molar-refractivity contribution in [3.63, 3.8) is 0 Å². The van der Waals surface area contributed by atoms with E-state index < -0.39 is 5.60 Å². The Bertz CT molecular complexity index is 671. The molecule has 2 heterocycles. The number of likely N-dealkylation sites (N-methyl/N-ethyl adjacent to an activating group) is 1. The monoisotopic (exact) mass is 316 g/mol. The van der Waals surface area contributed by atoms with Crippen molar-refractivity contribution in [3.8, 4) is 0 Å². The summed E-state index contributed by atoms with van der Waals surface area (Å²) in [6.07, 6.45) is 0.672. The molecule has 0 radical (unpaired) electrons. The molecule has 1 aromatic carbocycles. The van der Waals surface area contributed by atoms with E-state index in [4.69, 9.17) is 4.74 Å². The zero-order valence-electron chi connectivity index (χ0n) is 14.2. The van der Waals surface area contributed by atoms with Gasteiger partial charge in [-0.1, -0.05) is 12.1 Å². The SMILES string of the molecule is CN(c1nc2ccccc2[nH]1)C1CCN(C(=O)OC(C)(C)C)C1. The summed E-state index contributed by atoms with van der Waals surface area (Å²) in [5.74, 6) is 0.835. The normalized spacial score (nSPS) is 18.4. The number of hydrogen-bond donors (Lipinski definition) is 1. The largest absolute Gasteiger partial charge is 0.444 e. The maximum absolute atomic E-state index is 12.2. The summed E-state index contributed by atoms with van der Waals surface area (Å²) >= 11 is 0. The molecule has 0 saturated carbocycles. The Balaban J connectivity index is 1.67. The Morgan fingerprint density at radius 2 is 2.13 bits per heavy atom. The van der Waals surface area contributed by atoms with E-state index in [0.29, 0.717) is 13.1 Å². The number of ether oxygens (including phenoxy) is 1. The summed E-state index contributed by atoms with van der Waals surface area (Å²) < 4.78 is 5.45. The number of aromatic nitrogens is 2. The number of fused-ring (bicyclic) bond motifs is 1. The van der Waals surface area contributed by atoms with Crippen molar-refractivity contribution in [2.75, 3.05) is 25.0 Å². The van der Waals surface area contributed by atoms with Crippen LogP contribution >= 0.6 is 0 Å². The van der Waals surface area contributed by atoms with Crippen molar-refractivity contribution in [2.45, 2.75) is 38.8 Å². The Hall–Kier alpha value is -2.24. The predicted octanol–water partition coefficient (Wildman–Crippen LogP) is 3.01. The zero-order chi connectivity index (χ0) is 16.6. The second-order valence-corrected chi connectivity index (χ2v) is 7.06. The summed E-state index contributed by atoms with van der Waals surface area (Å²) in [5, 5.41) is 0. The number of benzene rings is 1. The van der Waals surface area contributed by atoms with Crippen LogP contribution in [-0.4, -0.2) is 52.7 Å². The van der Waals surface area contributed by atoms with Crippen LogP contribution in [0.15, 0.2) is 24.3 Å². The van der Waals surface area contributed by atoms with E-state index in [1.54, 1.807) is 4.90 Å². The van der Waals surface area contributed by atoms with Crippen LogP contribution < -0.4 is 4.90 Å². The van der Waals surface area contributed by atoms with Crippen molar-refractivity contribution in [1.82, 2.24) is 14.9 Å². The van der Waals surface area contributed by atoms with E-state index >= 15 is 0 Å². The summed E-state index contributed by atoms with van der Waals surface area (Å²) in [7, 11) is 2.01. The third kappa shape index (κ3) is 3.41. The molecule has 6 heteroatoms. The summed E-state index contributed by atoms with van der Waals surface area (Å²) in [5.41, 5.74) is 1.52. The number of hydrogen-bond acceptors (Lipinski definition) is 4. The summed E-state index contributed by atoms with van der Waals surface area (Å²) in [4.78, 5) is 24.0. The highest BCUT2D eigenvalue weighted by Gasteiger charge is 2.32. The lowest BCUT2D eigenvalue weighted by Gasteiger charge is -2.26. The molecular weight excluding hydrogens is 292 g/mol. The fraction of sp³-hybridized carbons (Fsp3) is 0.529. The number of carbonyl (C=O) groups is 1. The third-order valence-electron chi connectivity index (χ3n) is 4.07. The third-order valence-corrected chi connectivity index (χ3v) is 4.07. The Morgan fingerprint density at radius 1 is 1.39 bits per heavy atom. The molecule has 3 rings (SSSR count). The number of H-pyrrole nitrogens is 1. The first kappa shape index (κ1) is 15.6. The number of nitrogens with zero attached hydrogens (tertiary/aromatic N) is 3. The Labute approximate surface area is 136 Å². The molecule has 1 atom stereocenters. The fourth-order valence-electron chi connectivity index (χ4n) is 2.83. The Morgan fingerprint density at radius 3 is 2.83 bits per heavy atom. The van der Waals surface area contributed by atoms with Gasteiger partial charge in [-0.05, 0) is 39.3 Å². The fourth-order valence-corrected chi connectivity index (χ4v) is 2.83. The van der Waals surface area contributed by atoms with Gasteiger partial charge >= 0.3 is 6.09 Å². The van der Waals surface area contributed by atoms with Crippen LogP contribution in [0.3, 0.4) is 0 Å². The molecule has 2 aromatic rings. The van der Waals surface area contributed by atoms with Crippen LogP contribution in [0.2, 0.25) is 0 Å². The molecular formula is C17H24N4O2. The number of rotatable bonds is 2. The molecule has 124 valence electrons. The lowest BCUT2D eigenvalue weighted by Crippen LogP contribution is -2.39. The second kappa shape index (κ2) is 5.76. The molecule has 6 nitrogen and oxygen atoms in total. The van der Waals surface area contributed by atoms with Gasteiger partial charge in [0.1, 0.15) is 5.60 Å². The predicted molar refractivity (Wildman–Crippen MR) is 90.7 cm³/mol. The van der Waals surface area contributed by atoms with Gasteiger partial charge < -0.3 is 19.5 Å². The van der Waals surface area contributed by atoms with Gasteiger partial charge in [-0.2, -0.15) is 0 Å². The highest BCUT2D eigenvalue weighted by molar-refractivity contribution is 5.77. The van der Waals surface area contributed by atoms with E-state index in [9.17, 15) is 4.79 Å². The number of anilines is 1. The molecule has 1 saturated heterocycles. The smallest absolute Gasteiger partial charge is 0.410 e. The molecule has 0 spiro atoms. The van der Waals surface area contributed by atoms with Gasteiger partial charge in [0.2, 0.25) is 5.95 Å². The molecule has 0 aliphatic carbocycles. The van der Waals surface area contributed by atoms with Crippen molar-refractivity contribution in [3.05, 3.63) is 24.3 Å². The molecule has 1 aromatic heterocycles. The quantitative estimate of drug-likeness (QED) is 0.925. The highest BCUT2D eigenvalue weighted by atomic mass is 16.6. The maximum atomic E-state index is 12.2. The van der Waals surface area contributed by atoms with Crippen LogP contribution in [0.5, 0.6) is 0 Å². The van der Waals surface area contributed by atoms with Gasteiger partial charge in [-0.3, -0.25) is 0 Å². The number of para-hydroxylation sites is 2. The molecule has 0 bridgehead atoms. The minimum absolute atomic E-state index is 0.238. The second-order valence-electron chi connectivity index (χ2n) is 7.06. The molecule has 23 heavy (non-hydrogen) atoms. The van der Waals surface area contributed by atoms with Crippen molar-refractivity contribution < 1.29 is 9.53 Å². The van der Waals surface area contributed by atoms with E-state index in [2.05, 4.69) is 14.9 Å². The van der Waals surface area contributed by atoms with Crippen LogP contribution in [0.25, 0.3) is 11.0 Å². The number of aromatic amines is 1. The van der Waals surface area contributed by atoms with Crippen LogP contribution in [0, 0.1) is 0 Å². The molecule has 1 N–H and O–H groups in total. The average molecular weight is 316 g/mol. The lowest BCUT2D eigenvalue weighted by molar-refractivity contribution is 0.0292. The molecule has 1 aliphatic heterocycles. The van der Waals surface area contributed by atoms with Gasteiger partial charge in [0.25, 0.3) is 0 Å². The topological polar surface area (TPSA) is 61.5 Å². The Kier molecular flexibility index (Phi) is 3.92. The van der Waals surface area contributed by atoms with Crippen LogP contribution in [-0.2, 0) is 4.74 Å². The lowest BCUT2D eigenvalue weighted by atomic mass is 10.2. The molecule has 1 unspecified atom stereocenters. The molecule has 1 aliphatic rings. The van der Waals surface area contributed by atoms with E-state index in [0.717, 1.165) is 23.4 Å². The minimum atomic E-state index is -0.459. The van der Waals surface area contributed by atoms with Crippen molar-refractivity contribution in [1.29, 1.82) is 0 Å². The average Bonchev–Trinajstić information content (AvgIpc) is 3.11. The van der Waals surface area contributed by atoms with Crippen LogP contribution in [0.1, 0.15) is 27.2 Å². The number of likely N-dealkylation sites (tertiary alicyclic amines) is 1. The minimum Gasteiger partial charge on any atom is -0.444 e. The van der Waals surface area contributed by atoms with Gasteiger partial charge in [0.15, 0.2) is 0 Å². The number of carbonyl (C=O) groups excluding carboxylic acids is 1. The summed E-state index contributed by atoms with van der Waals surface area (Å²) in [6, 6.07) is 8.21. The first-order valence-electron chi connectivity index (χ1n) is 7.99. The van der Waals surface area contributed by atoms with Crippen molar-refractivity contribution in [2.24, 2.45) is 0 Å². The van der Waals surface area contributed by atoms with Gasteiger partial charge in [-0.25, -0.2) is 9.78 Å². The van der Waals surface area contributed by atoms with Gasteiger partial charge in [0, 0.05) is 20.1 Å². The standard InChI is InChI=1S/C17H24N4O2/c1-17(2,3)23-16(22)21-10-9-12(11-21)20(4)15-18-13-7-5-6-8-14(13)19-15/h5-8,12H,9-11H2,1-4H3,(H,18,19). The number of imidazole rings is 1. The molecule has 1 amide bonds. The van der Waals surface area contributed by atoms with Gasteiger partial charge in [0.05, 0.1) is 17.1 Å². The van der Waals surface area contributed by atoms with E-state index in [-0.39, 0.29) is 12.1 Å². The molecule has 1 fully saturated rings. The highest BCUT2D eigenvalue weighted by Crippen LogP contribution is 2.23. The summed E-state index contributed by atoms with van der Waals surface area (Å²) in [6.45, 7) is 7.03.